The lowest BCUT2D eigenvalue weighted by Crippen LogP contribution is -2.44. The van der Waals surface area contributed by atoms with E-state index in [1.165, 1.54) is 18.6 Å². The van der Waals surface area contributed by atoms with Crippen LogP contribution in [0.3, 0.4) is 0 Å². The summed E-state index contributed by atoms with van der Waals surface area (Å²) in [5.74, 6) is -0.201. The van der Waals surface area contributed by atoms with Gasteiger partial charge in [0, 0.05) is 38.0 Å². The number of hydrogen-bond donors (Lipinski definition) is 0. The molecule has 7 heteroatoms. The van der Waals surface area contributed by atoms with E-state index in [9.17, 15) is 8.78 Å². The van der Waals surface area contributed by atoms with Crippen molar-refractivity contribution < 1.29 is 13.3 Å². The van der Waals surface area contributed by atoms with Gasteiger partial charge in [0.05, 0.1) is 0 Å². The second-order valence-electron chi connectivity index (χ2n) is 7.58. The molecule has 5 nitrogen and oxygen atoms in total. The third kappa shape index (κ3) is 3.45. The fourth-order valence-electron chi connectivity index (χ4n) is 4.30. The average molecular weight is 362 g/mol. The normalized spacial score (nSPS) is 23.9. The maximum atomic E-state index is 13.5. The van der Waals surface area contributed by atoms with Gasteiger partial charge in [-0.25, -0.2) is 8.78 Å². The fourth-order valence-corrected chi connectivity index (χ4v) is 4.30. The van der Waals surface area contributed by atoms with E-state index in [1.807, 2.05) is 6.92 Å². The Morgan fingerprint density at radius 3 is 2.81 bits per heavy atom. The van der Waals surface area contributed by atoms with Crippen LogP contribution in [0.1, 0.15) is 37.6 Å². The summed E-state index contributed by atoms with van der Waals surface area (Å²) >= 11 is 0. The molecule has 1 spiro atoms. The molecule has 140 valence electrons. The van der Waals surface area contributed by atoms with Gasteiger partial charge in [0.15, 0.2) is 11.6 Å². The van der Waals surface area contributed by atoms with Crippen LogP contribution in [0.4, 0.5) is 14.7 Å². The van der Waals surface area contributed by atoms with Crippen molar-refractivity contribution in [2.45, 2.75) is 39.2 Å². The predicted molar refractivity (Wildman–Crippen MR) is 93.8 cm³/mol. The van der Waals surface area contributed by atoms with Gasteiger partial charge in [-0.3, -0.25) is 4.90 Å². The molecule has 3 heterocycles. The van der Waals surface area contributed by atoms with Crippen LogP contribution in [-0.4, -0.2) is 41.2 Å². The molecule has 0 N–H and O–H groups in total. The lowest BCUT2D eigenvalue weighted by Gasteiger charge is -2.40. The summed E-state index contributed by atoms with van der Waals surface area (Å²) < 4.78 is 31.9. The molecule has 0 radical (unpaired) electrons. The Balaban J connectivity index is 1.42. The molecule has 1 aromatic heterocycles. The first kappa shape index (κ1) is 17.4. The summed E-state index contributed by atoms with van der Waals surface area (Å²) in [5, 5.41) is 4.10. The van der Waals surface area contributed by atoms with Gasteiger partial charge in [-0.05, 0) is 48.7 Å². The van der Waals surface area contributed by atoms with Gasteiger partial charge in [-0.2, -0.15) is 4.98 Å². The summed E-state index contributed by atoms with van der Waals surface area (Å²) in [7, 11) is 0. The minimum absolute atomic E-state index is 0.212. The number of piperidine rings is 1. The Morgan fingerprint density at radius 1 is 1.15 bits per heavy atom. The third-order valence-electron chi connectivity index (χ3n) is 5.61. The zero-order valence-corrected chi connectivity index (χ0v) is 15.0. The molecule has 0 aliphatic carbocycles. The van der Waals surface area contributed by atoms with Crippen LogP contribution in [0.25, 0.3) is 0 Å². The average Bonchev–Trinajstić information content (AvgIpc) is 3.26. The zero-order chi connectivity index (χ0) is 18.1. The summed E-state index contributed by atoms with van der Waals surface area (Å²) in [4.78, 5) is 9.02. The molecule has 0 unspecified atom stereocenters. The minimum Gasteiger partial charge on any atom is -0.338 e. The number of hydrogen-bond acceptors (Lipinski definition) is 5. The number of rotatable bonds is 4. The molecule has 0 amide bonds. The highest BCUT2D eigenvalue weighted by Gasteiger charge is 2.42. The smallest absolute Gasteiger partial charge is 0.266 e. The van der Waals surface area contributed by atoms with Crippen molar-refractivity contribution in [1.29, 1.82) is 0 Å². The number of halogens is 2. The maximum Gasteiger partial charge on any atom is 0.266 e. The van der Waals surface area contributed by atoms with Crippen LogP contribution in [-0.2, 0) is 13.0 Å². The van der Waals surface area contributed by atoms with E-state index in [2.05, 4.69) is 19.9 Å². The molecule has 0 saturated carbocycles. The molecule has 2 aromatic rings. The highest BCUT2D eigenvalue weighted by atomic mass is 19.2. The van der Waals surface area contributed by atoms with Crippen LogP contribution in [0, 0.1) is 17.0 Å². The van der Waals surface area contributed by atoms with E-state index < -0.39 is 11.6 Å². The van der Waals surface area contributed by atoms with Crippen molar-refractivity contribution in [3.05, 3.63) is 41.3 Å². The molecule has 2 saturated heterocycles. The van der Waals surface area contributed by atoms with Gasteiger partial charge in [0.25, 0.3) is 5.95 Å². The molecule has 2 aliphatic rings. The van der Waals surface area contributed by atoms with E-state index in [0.717, 1.165) is 51.0 Å². The molecule has 0 bridgehead atoms. The molecule has 26 heavy (non-hydrogen) atoms. The first-order valence-electron chi connectivity index (χ1n) is 9.31. The van der Waals surface area contributed by atoms with Gasteiger partial charge >= 0.3 is 0 Å². The van der Waals surface area contributed by atoms with E-state index in [4.69, 9.17) is 4.52 Å². The first-order valence-corrected chi connectivity index (χ1v) is 9.31. The molecule has 2 aliphatic heterocycles. The fraction of sp³-hybridized carbons (Fsp3) is 0.579. The topological polar surface area (TPSA) is 45.4 Å². The largest absolute Gasteiger partial charge is 0.338 e. The van der Waals surface area contributed by atoms with Gasteiger partial charge in [0.2, 0.25) is 5.89 Å². The summed E-state index contributed by atoms with van der Waals surface area (Å²) in [6, 6.07) is 4.19. The van der Waals surface area contributed by atoms with E-state index >= 15 is 0 Å². The lowest BCUT2D eigenvalue weighted by atomic mass is 9.79. The number of anilines is 1. The molecular weight excluding hydrogens is 338 g/mol. The Morgan fingerprint density at radius 2 is 2.04 bits per heavy atom. The standard InChI is InChI=1S/C19H24F2N4O/c1-2-17-22-18(23-26-17)25-9-7-19(13-25)6-3-8-24(12-19)11-14-4-5-15(20)16(21)10-14/h4-5,10H,2-3,6-9,11-13H2,1H3/t19-/m0/s1. The van der Waals surface area contributed by atoms with Crippen molar-refractivity contribution in [3.63, 3.8) is 0 Å². The van der Waals surface area contributed by atoms with Crippen molar-refractivity contribution in [2.75, 3.05) is 31.1 Å². The predicted octanol–water partition coefficient (Wildman–Crippen LogP) is 3.40. The lowest BCUT2D eigenvalue weighted by molar-refractivity contribution is 0.0990. The molecule has 2 fully saturated rings. The second kappa shape index (κ2) is 6.95. The minimum atomic E-state index is -0.790. The van der Waals surface area contributed by atoms with Gasteiger partial charge in [0.1, 0.15) is 0 Å². The summed E-state index contributed by atoms with van der Waals surface area (Å²) in [6.45, 7) is 6.46. The number of nitrogens with zero attached hydrogens (tertiary/aromatic N) is 4. The van der Waals surface area contributed by atoms with Crippen molar-refractivity contribution in [3.8, 4) is 0 Å². The van der Waals surface area contributed by atoms with Gasteiger partial charge < -0.3 is 9.42 Å². The van der Waals surface area contributed by atoms with E-state index in [-0.39, 0.29) is 5.41 Å². The van der Waals surface area contributed by atoms with Gasteiger partial charge in [-0.1, -0.05) is 13.0 Å². The monoisotopic (exact) mass is 362 g/mol. The second-order valence-corrected chi connectivity index (χ2v) is 7.58. The number of aromatic nitrogens is 2. The van der Waals surface area contributed by atoms with E-state index in [0.29, 0.717) is 18.4 Å². The van der Waals surface area contributed by atoms with Crippen LogP contribution >= 0.6 is 0 Å². The molecule has 1 aromatic carbocycles. The number of likely N-dealkylation sites (tertiary alicyclic amines) is 1. The van der Waals surface area contributed by atoms with Crippen LogP contribution in [0.5, 0.6) is 0 Å². The van der Waals surface area contributed by atoms with Crippen molar-refractivity contribution in [1.82, 2.24) is 15.0 Å². The van der Waals surface area contributed by atoms with Crippen LogP contribution in [0.15, 0.2) is 22.7 Å². The zero-order valence-electron chi connectivity index (χ0n) is 15.0. The number of benzene rings is 1. The van der Waals surface area contributed by atoms with Crippen LogP contribution in [0.2, 0.25) is 0 Å². The highest BCUT2D eigenvalue weighted by Crippen LogP contribution is 2.40. The third-order valence-corrected chi connectivity index (χ3v) is 5.61. The molecule has 4 rings (SSSR count). The van der Waals surface area contributed by atoms with Crippen molar-refractivity contribution >= 4 is 5.95 Å². The van der Waals surface area contributed by atoms with Crippen molar-refractivity contribution in [2.24, 2.45) is 5.41 Å². The van der Waals surface area contributed by atoms with Gasteiger partial charge in [-0.15, -0.1) is 0 Å². The molecular formula is C19H24F2N4O. The Kier molecular flexibility index (Phi) is 4.65. The quantitative estimate of drug-likeness (QED) is 0.834. The first-order chi connectivity index (χ1) is 12.6. The maximum absolute atomic E-state index is 13.5. The Labute approximate surface area is 152 Å². The highest BCUT2D eigenvalue weighted by molar-refractivity contribution is 5.31. The summed E-state index contributed by atoms with van der Waals surface area (Å²) in [6.07, 6.45) is 4.13. The van der Waals surface area contributed by atoms with Crippen LogP contribution < -0.4 is 4.90 Å². The number of aryl methyl sites for hydroxylation is 1. The Bertz CT molecular complexity index is 781. The Hall–Kier alpha value is -2.02. The van der Waals surface area contributed by atoms with E-state index in [1.54, 1.807) is 6.07 Å². The molecule has 1 atom stereocenters. The summed E-state index contributed by atoms with van der Waals surface area (Å²) in [5.41, 5.74) is 1.03. The SMILES string of the molecule is CCc1nc(N2CC[C@]3(CCCN(Cc4ccc(F)c(F)c4)C3)C2)no1.